The number of benzene rings is 3. The molecule has 0 aromatic heterocycles. The molecule has 2 fully saturated rings. The number of halogens is 2. The number of thioether (sulfide) groups is 1. The van der Waals surface area contributed by atoms with Gasteiger partial charge in [-0.3, -0.25) is 9.69 Å². The Labute approximate surface area is 346 Å². The van der Waals surface area contributed by atoms with Crippen LogP contribution in [0.4, 0.5) is 19.7 Å². The number of carbonyl (C=O) groups excluding carboxylic acids is 3. The fourth-order valence-corrected chi connectivity index (χ4v) is 8.21. The van der Waals surface area contributed by atoms with Gasteiger partial charge in [0.05, 0.1) is 0 Å². The number of nitrogens with one attached hydrogen (secondary N) is 3. The number of likely N-dealkylation sites (tertiary alicyclic amines) is 1. The maximum atomic E-state index is 14.2. The third-order valence-electron chi connectivity index (χ3n) is 10.1. The standard InChI is InChI=1S/C43H58ClFN6O5S/c1-5-57-38-28-36(45)13-11-34(38)29-50-23-25-51(26-24-50)40(52)39(48-42(54)55-30-31-9-7-6-8-10-31)32-15-20-49(21-16-32)22-17-33-27-35(44)12-14-37(33)46-18-19-47-41(53)56-43(2,3)4/h6-14,27-28,32,39,46H,5,15-26,29-30H2,1-4H3,(H,47,53)(H,48,54)/t39-/m1/s1. The van der Waals surface area contributed by atoms with E-state index in [1.807, 2.05) is 80.3 Å². The number of piperazine rings is 1. The van der Waals surface area contributed by atoms with Crippen LogP contribution in [0.25, 0.3) is 0 Å². The summed E-state index contributed by atoms with van der Waals surface area (Å²) < 4.78 is 24.9. The lowest BCUT2D eigenvalue weighted by molar-refractivity contribution is -0.137. The van der Waals surface area contributed by atoms with E-state index in [2.05, 4.69) is 32.7 Å². The number of anilines is 1. The molecule has 0 spiro atoms. The lowest BCUT2D eigenvalue weighted by Gasteiger charge is -2.40. The second-order valence-electron chi connectivity index (χ2n) is 15.6. The predicted molar refractivity (Wildman–Crippen MR) is 225 cm³/mol. The molecule has 0 radical (unpaired) electrons. The van der Waals surface area contributed by atoms with E-state index in [4.69, 9.17) is 21.1 Å². The molecule has 2 aliphatic rings. The van der Waals surface area contributed by atoms with Crippen LogP contribution in [0, 0.1) is 11.7 Å². The molecule has 3 N–H and O–H groups in total. The molecule has 14 heteroatoms. The highest BCUT2D eigenvalue weighted by molar-refractivity contribution is 7.99. The number of nitrogens with zero attached hydrogens (tertiary/aromatic N) is 3. The zero-order chi connectivity index (χ0) is 40.8. The maximum Gasteiger partial charge on any atom is 0.408 e. The van der Waals surface area contributed by atoms with E-state index < -0.39 is 23.8 Å². The van der Waals surface area contributed by atoms with Crippen molar-refractivity contribution in [2.24, 2.45) is 5.92 Å². The van der Waals surface area contributed by atoms with E-state index in [0.717, 1.165) is 71.9 Å². The Hall–Kier alpha value is -4.04. The summed E-state index contributed by atoms with van der Waals surface area (Å²) in [5.74, 6) is 0.495. The normalized spacial score (nSPS) is 16.1. The summed E-state index contributed by atoms with van der Waals surface area (Å²) in [7, 11) is 0. The Morgan fingerprint density at radius 3 is 2.33 bits per heavy atom. The van der Waals surface area contributed by atoms with E-state index in [-0.39, 0.29) is 24.2 Å². The number of piperidine rings is 1. The molecular formula is C43H58ClFN6O5S. The fraction of sp³-hybridized carbons (Fsp3) is 0.512. The molecule has 310 valence electrons. The Balaban J connectivity index is 1.15. The van der Waals surface area contributed by atoms with Gasteiger partial charge in [0.15, 0.2) is 0 Å². The average molecular weight is 825 g/mol. The van der Waals surface area contributed by atoms with Crippen molar-refractivity contribution in [1.82, 2.24) is 25.3 Å². The van der Waals surface area contributed by atoms with Gasteiger partial charge in [0.2, 0.25) is 5.91 Å². The lowest BCUT2D eigenvalue weighted by Crippen LogP contribution is -2.58. The molecule has 3 aromatic carbocycles. The molecule has 2 heterocycles. The monoisotopic (exact) mass is 824 g/mol. The van der Waals surface area contributed by atoms with E-state index in [9.17, 15) is 18.8 Å². The average Bonchev–Trinajstić information content (AvgIpc) is 3.19. The van der Waals surface area contributed by atoms with Gasteiger partial charge >= 0.3 is 12.2 Å². The van der Waals surface area contributed by atoms with Crippen LogP contribution in [0.1, 0.15) is 57.2 Å². The van der Waals surface area contributed by atoms with Gasteiger partial charge in [-0.1, -0.05) is 54.9 Å². The summed E-state index contributed by atoms with van der Waals surface area (Å²) in [5.41, 5.74) is 3.44. The van der Waals surface area contributed by atoms with Crippen molar-refractivity contribution < 1.29 is 28.2 Å². The molecule has 0 saturated carbocycles. The second kappa shape index (κ2) is 21.6. The van der Waals surface area contributed by atoms with Gasteiger partial charge in [-0.05, 0) is 112 Å². The Morgan fingerprint density at radius 2 is 1.63 bits per heavy atom. The van der Waals surface area contributed by atoms with Gasteiger partial charge in [-0.25, -0.2) is 14.0 Å². The maximum absolute atomic E-state index is 14.2. The SMILES string of the molecule is CCSc1cc(F)ccc1CN1CCN(C(=O)[C@H](NC(=O)OCc2ccccc2)C2CCN(CCc3cc(Cl)ccc3NCCNC(=O)OC(C)(C)C)CC2)CC1. The first-order valence-electron chi connectivity index (χ1n) is 20.0. The molecule has 0 unspecified atom stereocenters. The van der Waals surface area contributed by atoms with Crippen molar-refractivity contribution in [3.63, 3.8) is 0 Å². The molecule has 5 rings (SSSR count). The molecule has 0 bridgehead atoms. The van der Waals surface area contributed by atoms with Crippen molar-refractivity contribution in [2.45, 2.75) is 76.6 Å². The molecule has 2 aliphatic heterocycles. The fourth-order valence-electron chi connectivity index (χ4n) is 7.19. The summed E-state index contributed by atoms with van der Waals surface area (Å²) >= 11 is 8.04. The minimum Gasteiger partial charge on any atom is -0.445 e. The largest absolute Gasteiger partial charge is 0.445 e. The van der Waals surface area contributed by atoms with Gasteiger partial charge in [0, 0.05) is 68.0 Å². The number of carbonyl (C=O) groups is 3. The Kier molecular flexibility index (Phi) is 16.7. The van der Waals surface area contributed by atoms with Crippen LogP contribution in [-0.4, -0.2) is 109 Å². The van der Waals surface area contributed by atoms with E-state index in [1.54, 1.807) is 17.8 Å². The van der Waals surface area contributed by atoms with Crippen LogP contribution >= 0.6 is 23.4 Å². The molecule has 3 amide bonds. The summed E-state index contributed by atoms with van der Waals surface area (Å²) in [5, 5.41) is 9.83. The number of hydrogen-bond donors (Lipinski definition) is 3. The van der Waals surface area contributed by atoms with Crippen LogP contribution in [0.15, 0.2) is 71.6 Å². The number of rotatable bonds is 16. The van der Waals surface area contributed by atoms with Crippen molar-refractivity contribution in [3.8, 4) is 0 Å². The second-order valence-corrected chi connectivity index (χ2v) is 17.3. The topological polar surface area (TPSA) is 115 Å². The summed E-state index contributed by atoms with van der Waals surface area (Å²) in [6.07, 6.45) is 1.20. The minimum atomic E-state index is -0.704. The van der Waals surface area contributed by atoms with Crippen molar-refractivity contribution in [1.29, 1.82) is 0 Å². The zero-order valence-electron chi connectivity index (χ0n) is 33.7. The Bertz CT molecular complexity index is 1770. The van der Waals surface area contributed by atoms with Gasteiger partial charge in [0.1, 0.15) is 24.1 Å². The molecule has 11 nitrogen and oxygen atoms in total. The number of hydrogen-bond acceptors (Lipinski definition) is 9. The molecule has 57 heavy (non-hydrogen) atoms. The quantitative estimate of drug-likeness (QED) is 0.100. The van der Waals surface area contributed by atoms with Crippen LogP contribution in [0.3, 0.4) is 0 Å². The lowest BCUT2D eigenvalue weighted by atomic mass is 9.88. The van der Waals surface area contributed by atoms with Crippen LogP contribution in [0.2, 0.25) is 5.02 Å². The molecule has 2 saturated heterocycles. The van der Waals surface area contributed by atoms with E-state index >= 15 is 0 Å². The highest BCUT2D eigenvalue weighted by atomic mass is 35.5. The number of amides is 3. The van der Waals surface area contributed by atoms with Crippen molar-refractivity contribution in [3.05, 3.63) is 94.3 Å². The molecular weight excluding hydrogens is 767 g/mol. The smallest absolute Gasteiger partial charge is 0.408 e. The Morgan fingerprint density at radius 1 is 0.895 bits per heavy atom. The van der Waals surface area contributed by atoms with Crippen LogP contribution in [0.5, 0.6) is 0 Å². The van der Waals surface area contributed by atoms with Gasteiger partial charge in [-0.15, -0.1) is 11.8 Å². The zero-order valence-corrected chi connectivity index (χ0v) is 35.2. The third-order valence-corrected chi connectivity index (χ3v) is 11.4. The highest BCUT2D eigenvalue weighted by Crippen LogP contribution is 2.27. The van der Waals surface area contributed by atoms with Crippen LogP contribution < -0.4 is 16.0 Å². The minimum absolute atomic E-state index is 0.0511. The third kappa shape index (κ3) is 14.4. The first-order valence-corrected chi connectivity index (χ1v) is 21.3. The van der Waals surface area contributed by atoms with E-state index in [1.165, 1.54) is 6.07 Å². The highest BCUT2D eigenvalue weighted by Gasteiger charge is 2.36. The van der Waals surface area contributed by atoms with Crippen molar-refractivity contribution in [2.75, 3.05) is 70.0 Å². The van der Waals surface area contributed by atoms with Gasteiger partial charge in [-0.2, -0.15) is 0 Å². The number of alkyl carbamates (subject to hydrolysis) is 2. The van der Waals surface area contributed by atoms with Crippen LogP contribution in [-0.2, 0) is 33.8 Å². The first-order chi connectivity index (χ1) is 27.4. The first kappa shape index (κ1) is 44.1. The summed E-state index contributed by atoms with van der Waals surface area (Å²) in [6.45, 7) is 14.1. The van der Waals surface area contributed by atoms with Crippen molar-refractivity contribution >= 4 is 47.1 Å². The van der Waals surface area contributed by atoms with Gasteiger partial charge in [0.25, 0.3) is 0 Å². The summed E-state index contributed by atoms with van der Waals surface area (Å²) in [6, 6.07) is 19.5. The summed E-state index contributed by atoms with van der Waals surface area (Å²) in [4.78, 5) is 47.0. The van der Waals surface area contributed by atoms with E-state index in [0.29, 0.717) is 50.8 Å². The molecule has 0 aliphatic carbocycles. The molecule has 3 aromatic rings. The van der Waals surface area contributed by atoms with Gasteiger partial charge < -0.3 is 35.2 Å². The number of ether oxygens (including phenoxy) is 2. The molecule has 1 atom stereocenters. The predicted octanol–water partition coefficient (Wildman–Crippen LogP) is 7.42.